The molecule has 0 unspecified atom stereocenters. The highest BCUT2D eigenvalue weighted by atomic mass is 19.1. The molecule has 0 heterocycles. The van der Waals surface area contributed by atoms with Gasteiger partial charge in [0.2, 0.25) is 0 Å². The van der Waals surface area contributed by atoms with E-state index in [1.807, 2.05) is 11.8 Å². The summed E-state index contributed by atoms with van der Waals surface area (Å²) in [5.41, 5.74) is 5.92. The van der Waals surface area contributed by atoms with Crippen LogP contribution in [-0.4, -0.2) is 35.5 Å². The van der Waals surface area contributed by atoms with Gasteiger partial charge >= 0.3 is 0 Å². The average molecular weight is 239 g/mol. The summed E-state index contributed by atoms with van der Waals surface area (Å²) in [6, 6.07) is 4.84. The smallest absolute Gasteiger partial charge is 0.138 e. The molecule has 0 bridgehead atoms. The van der Waals surface area contributed by atoms with Crippen molar-refractivity contribution in [3.05, 3.63) is 35.1 Å². The Morgan fingerprint density at radius 3 is 2.76 bits per heavy atom. The molecule has 94 valence electrons. The molecule has 0 atom stereocenters. The maximum atomic E-state index is 14.0. The van der Waals surface area contributed by atoms with Crippen LogP contribution in [0.25, 0.3) is 0 Å². The molecule has 0 saturated carbocycles. The van der Waals surface area contributed by atoms with E-state index < -0.39 is 5.82 Å². The highest BCUT2D eigenvalue weighted by molar-refractivity contribution is 5.95. The molecule has 4 nitrogen and oxygen atoms in total. The Kier molecular flexibility index (Phi) is 5.06. The minimum absolute atomic E-state index is 0.0435. The number of nitrogens with two attached hydrogens (primary N) is 1. The summed E-state index contributed by atoms with van der Waals surface area (Å²) in [6.45, 7) is 3.62. The fourth-order valence-corrected chi connectivity index (χ4v) is 1.64. The van der Waals surface area contributed by atoms with Crippen LogP contribution in [0.2, 0.25) is 0 Å². The summed E-state index contributed by atoms with van der Waals surface area (Å²) in [7, 11) is 0. The van der Waals surface area contributed by atoms with Gasteiger partial charge in [-0.1, -0.05) is 19.1 Å². The molecule has 1 aromatic rings. The third kappa shape index (κ3) is 3.51. The predicted octanol–water partition coefficient (Wildman–Crippen LogP) is 0.924. The lowest BCUT2D eigenvalue weighted by molar-refractivity contribution is 0.195. The van der Waals surface area contributed by atoms with Gasteiger partial charge in [-0.05, 0) is 12.6 Å². The van der Waals surface area contributed by atoms with Crippen LogP contribution in [0, 0.1) is 11.2 Å². The number of halogens is 1. The van der Waals surface area contributed by atoms with E-state index in [0.717, 1.165) is 6.54 Å². The fourth-order valence-electron chi connectivity index (χ4n) is 1.64. The zero-order valence-electron chi connectivity index (χ0n) is 9.91. The summed E-state index contributed by atoms with van der Waals surface area (Å²) in [6.07, 6.45) is 0. The molecule has 0 spiro atoms. The molecular weight excluding hydrogens is 221 g/mol. The van der Waals surface area contributed by atoms with E-state index in [0.29, 0.717) is 18.7 Å². The van der Waals surface area contributed by atoms with Gasteiger partial charge in [-0.25, -0.2) is 4.39 Å². The Labute approximate surface area is 100 Å². The van der Waals surface area contributed by atoms with Crippen molar-refractivity contribution < 1.29 is 9.50 Å². The second-order valence-electron chi connectivity index (χ2n) is 3.78. The standard InChI is InChI=1S/C12H18FN3O/c1-2-16(6-7-17)8-9-4-3-5-10(11(9)13)12(14)15/h3-5,17H,2,6-8H2,1H3,(H3,14,15). The first kappa shape index (κ1) is 13.6. The highest BCUT2D eigenvalue weighted by Gasteiger charge is 2.12. The van der Waals surface area contributed by atoms with Crippen LogP contribution in [0.4, 0.5) is 4.39 Å². The van der Waals surface area contributed by atoms with Crippen molar-refractivity contribution in [2.75, 3.05) is 19.7 Å². The van der Waals surface area contributed by atoms with Gasteiger partial charge in [0.1, 0.15) is 11.7 Å². The molecule has 0 fully saturated rings. The van der Waals surface area contributed by atoms with Crippen molar-refractivity contribution in [1.82, 2.24) is 4.90 Å². The van der Waals surface area contributed by atoms with Gasteiger partial charge in [0.25, 0.3) is 0 Å². The molecule has 0 aromatic heterocycles. The SMILES string of the molecule is CCN(CCO)Cc1cccc(C(=N)N)c1F. The van der Waals surface area contributed by atoms with Gasteiger partial charge in [0.15, 0.2) is 0 Å². The van der Waals surface area contributed by atoms with Crippen LogP contribution >= 0.6 is 0 Å². The number of aliphatic hydroxyl groups is 1. The third-order valence-corrected chi connectivity index (χ3v) is 2.63. The van der Waals surface area contributed by atoms with E-state index in [9.17, 15) is 4.39 Å². The average Bonchev–Trinajstić information content (AvgIpc) is 2.30. The zero-order valence-corrected chi connectivity index (χ0v) is 9.91. The Hall–Kier alpha value is -1.46. The van der Waals surface area contributed by atoms with Crippen molar-refractivity contribution in [3.8, 4) is 0 Å². The van der Waals surface area contributed by atoms with Crippen molar-refractivity contribution >= 4 is 5.84 Å². The minimum Gasteiger partial charge on any atom is -0.395 e. The van der Waals surface area contributed by atoms with Crippen molar-refractivity contribution in [2.24, 2.45) is 5.73 Å². The number of nitrogens with zero attached hydrogens (tertiary/aromatic N) is 1. The van der Waals surface area contributed by atoms with E-state index in [1.165, 1.54) is 6.07 Å². The van der Waals surface area contributed by atoms with E-state index >= 15 is 0 Å². The zero-order chi connectivity index (χ0) is 12.8. The normalized spacial score (nSPS) is 10.8. The van der Waals surface area contributed by atoms with Crippen molar-refractivity contribution in [1.29, 1.82) is 5.41 Å². The summed E-state index contributed by atoms with van der Waals surface area (Å²) < 4.78 is 14.0. The van der Waals surface area contributed by atoms with Crippen LogP contribution in [0.1, 0.15) is 18.1 Å². The van der Waals surface area contributed by atoms with Gasteiger partial charge in [-0.3, -0.25) is 10.3 Å². The van der Waals surface area contributed by atoms with Crippen LogP contribution in [0.15, 0.2) is 18.2 Å². The van der Waals surface area contributed by atoms with Crippen molar-refractivity contribution in [2.45, 2.75) is 13.5 Å². The molecule has 4 N–H and O–H groups in total. The minimum atomic E-state index is -0.448. The molecule has 0 radical (unpaired) electrons. The maximum absolute atomic E-state index is 14.0. The molecule has 5 heteroatoms. The first-order valence-electron chi connectivity index (χ1n) is 5.55. The first-order valence-corrected chi connectivity index (χ1v) is 5.55. The number of aliphatic hydroxyl groups excluding tert-OH is 1. The summed E-state index contributed by atoms with van der Waals surface area (Å²) in [4.78, 5) is 1.92. The van der Waals surface area contributed by atoms with Crippen molar-refractivity contribution in [3.63, 3.8) is 0 Å². The number of hydrogen-bond acceptors (Lipinski definition) is 3. The number of likely N-dealkylation sites (N-methyl/N-ethyl adjacent to an activating group) is 1. The van der Waals surface area contributed by atoms with E-state index in [1.54, 1.807) is 12.1 Å². The van der Waals surface area contributed by atoms with Crippen LogP contribution in [0.5, 0.6) is 0 Å². The summed E-state index contributed by atoms with van der Waals surface area (Å²) in [5.74, 6) is -0.717. The van der Waals surface area contributed by atoms with Gasteiger partial charge < -0.3 is 10.8 Å². The van der Waals surface area contributed by atoms with E-state index in [2.05, 4.69) is 0 Å². The predicted molar refractivity (Wildman–Crippen MR) is 65.5 cm³/mol. The quantitative estimate of drug-likeness (QED) is 0.510. The molecule has 0 amide bonds. The molecule has 0 saturated heterocycles. The molecule has 17 heavy (non-hydrogen) atoms. The van der Waals surface area contributed by atoms with Crippen LogP contribution < -0.4 is 5.73 Å². The number of nitrogen functional groups attached to an aromatic ring is 1. The summed E-state index contributed by atoms with van der Waals surface area (Å²) in [5, 5.41) is 16.1. The maximum Gasteiger partial charge on any atom is 0.138 e. The Morgan fingerprint density at radius 1 is 1.53 bits per heavy atom. The monoisotopic (exact) mass is 239 g/mol. The molecule has 0 aliphatic carbocycles. The number of hydrogen-bond donors (Lipinski definition) is 3. The lowest BCUT2D eigenvalue weighted by atomic mass is 10.1. The molecule has 0 aliphatic heterocycles. The number of benzene rings is 1. The van der Waals surface area contributed by atoms with Gasteiger partial charge in [-0.2, -0.15) is 0 Å². The third-order valence-electron chi connectivity index (χ3n) is 2.63. The van der Waals surface area contributed by atoms with E-state index in [4.69, 9.17) is 16.2 Å². The Bertz CT molecular complexity index is 395. The molecular formula is C12H18FN3O. The lowest BCUT2D eigenvalue weighted by Crippen LogP contribution is -2.27. The molecule has 1 aromatic carbocycles. The Morgan fingerprint density at radius 2 is 2.24 bits per heavy atom. The fraction of sp³-hybridized carbons (Fsp3) is 0.417. The number of nitrogens with one attached hydrogen (secondary N) is 1. The Balaban J connectivity index is 2.91. The first-order chi connectivity index (χ1) is 8.10. The van der Waals surface area contributed by atoms with Gasteiger partial charge in [0, 0.05) is 18.7 Å². The van der Waals surface area contributed by atoms with E-state index in [-0.39, 0.29) is 18.0 Å². The molecule has 1 rings (SSSR count). The van der Waals surface area contributed by atoms with Crippen LogP contribution in [-0.2, 0) is 6.54 Å². The largest absolute Gasteiger partial charge is 0.395 e. The topological polar surface area (TPSA) is 73.3 Å². The second-order valence-corrected chi connectivity index (χ2v) is 3.78. The number of amidine groups is 1. The lowest BCUT2D eigenvalue weighted by Gasteiger charge is -2.19. The van der Waals surface area contributed by atoms with Gasteiger partial charge in [0.05, 0.1) is 12.2 Å². The van der Waals surface area contributed by atoms with Gasteiger partial charge in [-0.15, -0.1) is 0 Å². The second kappa shape index (κ2) is 6.32. The molecule has 0 aliphatic rings. The summed E-state index contributed by atoms with van der Waals surface area (Å²) >= 11 is 0. The highest BCUT2D eigenvalue weighted by Crippen LogP contribution is 2.14. The van der Waals surface area contributed by atoms with Crippen LogP contribution in [0.3, 0.4) is 0 Å². The number of rotatable bonds is 6.